The lowest BCUT2D eigenvalue weighted by Gasteiger charge is -2.24. The van der Waals surface area contributed by atoms with Crippen LogP contribution in [-0.4, -0.2) is 12.6 Å². The summed E-state index contributed by atoms with van der Waals surface area (Å²) in [5.74, 6) is 1.25. The van der Waals surface area contributed by atoms with E-state index in [1.54, 1.807) is 12.1 Å². The fraction of sp³-hybridized carbons (Fsp3) is 0.417. The second-order valence-corrected chi connectivity index (χ2v) is 3.88. The Morgan fingerprint density at radius 2 is 2.07 bits per heavy atom. The highest BCUT2D eigenvalue weighted by atomic mass is 16.5. The third-order valence-electron chi connectivity index (χ3n) is 2.71. The predicted octanol–water partition coefficient (Wildman–Crippen LogP) is 2.58. The van der Waals surface area contributed by atoms with E-state index in [1.165, 1.54) is 19.3 Å². The highest BCUT2D eigenvalue weighted by molar-refractivity contribution is 5.70. The number of carbonyl (C=O) groups excluding carboxylic acids is 1. The van der Waals surface area contributed by atoms with Crippen LogP contribution in [-0.2, 0) is 0 Å². The molecule has 1 saturated carbocycles. The molecule has 0 spiro atoms. The monoisotopic (exact) mass is 205 g/mol. The number of rotatable bonds is 3. The third kappa shape index (κ3) is 2.98. The van der Waals surface area contributed by atoms with E-state index in [0.29, 0.717) is 11.7 Å². The van der Waals surface area contributed by atoms with Crippen LogP contribution < -0.4 is 10.1 Å². The average molecular weight is 205 g/mol. The molecule has 1 fully saturated rings. The van der Waals surface area contributed by atoms with Gasteiger partial charge in [-0.05, 0) is 30.9 Å². The second-order valence-electron chi connectivity index (χ2n) is 3.88. The van der Waals surface area contributed by atoms with E-state index in [9.17, 15) is 4.79 Å². The summed E-state index contributed by atoms with van der Waals surface area (Å²) in [5.41, 5.74) is 0. The molecule has 0 aliphatic heterocycles. The molecule has 1 aliphatic carbocycles. The van der Waals surface area contributed by atoms with Crippen molar-refractivity contribution in [1.29, 1.82) is 0 Å². The SMILES string of the molecule is O=C(NCC1CCC1)Oc1ccccc1. The number of para-hydroxylation sites is 1. The van der Waals surface area contributed by atoms with Crippen LogP contribution in [0.2, 0.25) is 0 Å². The van der Waals surface area contributed by atoms with E-state index in [4.69, 9.17) is 4.74 Å². The Kier molecular flexibility index (Phi) is 3.22. The first-order chi connectivity index (χ1) is 7.34. The van der Waals surface area contributed by atoms with Crippen molar-refractivity contribution in [2.24, 2.45) is 5.92 Å². The number of carbonyl (C=O) groups is 1. The predicted molar refractivity (Wildman–Crippen MR) is 57.8 cm³/mol. The highest BCUT2D eigenvalue weighted by Crippen LogP contribution is 2.25. The fourth-order valence-electron chi connectivity index (χ4n) is 1.56. The fourth-order valence-corrected chi connectivity index (χ4v) is 1.56. The molecule has 0 atom stereocenters. The molecule has 1 aromatic carbocycles. The zero-order valence-corrected chi connectivity index (χ0v) is 8.61. The summed E-state index contributed by atoms with van der Waals surface area (Å²) >= 11 is 0. The summed E-state index contributed by atoms with van der Waals surface area (Å²) < 4.78 is 5.08. The van der Waals surface area contributed by atoms with E-state index >= 15 is 0 Å². The average Bonchev–Trinajstić information content (AvgIpc) is 2.17. The highest BCUT2D eigenvalue weighted by Gasteiger charge is 2.18. The lowest BCUT2D eigenvalue weighted by atomic mass is 9.85. The Labute approximate surface area is 89.4 Å². The summed E-state index contributed by atoms with van der Waals surface area (Å²) in [5, 5.41) is 2.77. The molecule has 0 aromatic heterocycles. The maximum absolute atomic E-state index is 11.3. The normalized spacial score (nSPS) is 15.5. The van der Waals surface area contributed by atoms with Gasteiger partial charge in [0, 0.05) is 6.54 Å². The zero-order chi connectivity index (χ0) is 10.5. The van der Waals surface area contributed by atoms with Crippen molar-refractivity contribution in [2.45, 2.75) is 19.3 Å². The summed E-state index contributed by atoms with van der Waals surface area (Å²) in [7, 11) is 0. The van der Waals surface area contributed by atoms with E-state index in [0.717, 1.165) is 6.54 Å². The molecule has 0 saturated heterocycles. The first-order valence-electron chi connectivity index (χ1n) is 5.35. The van der Waals surface area contributed by atoms with Crippen molar-refractivity contribution >= 4 is 6.09 Å². The van der Waals surface area contributed by atoms with Gasteiger partial charge in [-0.2, -0.15) is 0 Å². The maximum atomic E-state index is 11.3. The zero-order valence-electron chi connectivity index (χ0n) is 8.61. The van der Waals surface area contributed by atoms with Gasteiger partial charge in [0.1, 0.15) is 5.75 Å². The summed E-state index contributed by atoms with van der Waals surface area (Å²) in [6.45, 7) is 0.742. The molecule has 2 rings (SSSR count). The van der Waals surface area contributed by atoms with Crippen LogP contribution in [0.3, 0.4) is 0 Å². The molecule has 0 heterocycles. The first-order valence-corrected chi connectivity index (χ1v) is 5.35. The van der Waals surface area contributed by atoms with E-state index in [1.807, 2.05) is 18.2 Å². The Hall–Kier alpha value is -1.51. The molecule has 3 heteroatoms. The van der Waals surface area contributed by atoms with Crippen LogP contribution in [0.4, 0.5) is 4.79 Å². The van der Waals surface area contributed by atoms with Crippen LogP contribution in [0, 0.1) is 5.92 Å². The molecular formula is C12H15NO2. The Morgan fingerprint density at radius 3 is 2.67 bits per heavy atom. The lowest BCUT2D eigenvalue weighted by Crippen LogP contribution is -2.34. The molecule has 15 heavy (non-hydrogen) atoms. The Morgan fingerprint density at radius 1 is 1.33 bits per heavy atom. The standard InChI is InChI=1S/C12H15NO2/c14-12(13-9-10-5-4-6-10)15-11-7-2-1-3-8-11/h1-3,7-8,10H,4-6,9H2,(H,13,14). The molecule has 0 bridgehead atoms. The van der Waals surface area contributed by atoms with Crippen molar-refractivity contribution < 1.29 is 9.53 Å². The summed E-state index contributed by atoms with van der Waals surface area (Å²) in [6.07, 6.45) is 3.39. The van der Waals surface area contributed by atoms with Gasteiger partial charge in [-0.25, -0.2) is 4.79 Å². The summed E-state index contributed by atoms with van der Waals surface area (Å²) in [6, 6.07) is 9.11. The van der Waals surface area contributed by atoms with E-state index < -0.39 is 0 Å². The number of hydrogen-bond acceptors (Lipinski definition) is 2. The molecule has 1 aromatic rings. The van der Waals surface area contributed by atoms with Crippen LogP contribution in [0.5, 0.6) is 5.75 Å². The summed E-state index contributed by atoms with van der Waals surface area (Å²) in [4.78, 5) is 11.3. The van der Waals surface area contributed by atoms with Gasteiger partial charge in [-0.3, -0.25) is 0 Å². The molecule has 3 nitrogen and oxygen atoms in total. The van der Waals surface area contributed by atoms with Crippen molar-refractivity contribution in [2.75, 3.05) is 6.54 Å². The minimum Gasteiger partial charge on any atom is -0.410 e. The van der Waals surface area contributed by atoms with Gasteiger partial charge in [0.25, 0.3) is 0 Å². The molecule has 1 N–H and O–H groups in total. The smallest absolute Gasteiger partial charge is 0.410 e. The Bertz CT molecular complexity index is 320. The van der Waals surface area contributed by atoms with Crippen molar-refractivity contribution in [1.82, 2.24) is 5.32 Å². The van der Waals surface area contributed by atoms with Gasteiger partial charge < -0.3 is 10.1 Å². The van der Waals surface area contributed by atoms with Crippen molar-refractivity contribution in [3.8, 4) is 5.75 Å². The lowest BCUT2D eigenvalue weighted by molar-refractivity contribution is 0.193. The second kappa shape index (κ2) is 4.82. The molecule has 0 radical (unpaired) electrons. The Balaban J connectivity index is 1.72. The van der Waals surface area contributed by atoms with Gasteiger partial charge in [-0.1, -0.05) is 24.6 Å². The van der Waals surface area contributed by atoms with Gasteiger partial charge in [0.2, 0.25) is 0 Å². The topological polar surface area (TPSA) is 38.3 Å². The number of ether oxygens (including phenoxy) is 1. The van der Waals surface area contributed by atoms with Crippen LogP contribution in [0.25, 0.3) is 0 Å². The number of nitrogens with one attached hydrogen (secondary N) is 1. The van der Waals surface area contributed by atoms with Crippen LogP contribution in [0.15, 0.2) is 30.3 Å². The van der Waals surface area contributed by atoms with Crippen molar-refractivity contribution in [3.05, 3.63) is 30.3 Å². The van der Waals surface area contributed by atoms with Crippen LogP contribution in [0.1, 0.15) is 19.3 Å². The molecular weight excluding hydrogens is 190 g/mol. The number of benzene rings is 1. The minimum absolute atomic E-state index is 0.354. The quantitative estimate of drug-likeness (QED) is 0.823. The number of hydrogen-bond donors (Lipinski definition) is 1. The number of amides is 1. The first kappa shape index (κ1) is 10.0. The molecule has 1 aliphatic rings. The molecule has 0 unspecified atom stereocenters. The van der Waals surface area contributed by atoms with E-state index in [-0.39, 0.29) is 6.09 Å². The maximum Gasteiger partial charge on any atom is 0.412 e. The third-order valence-corrected chi connectivity index (χ3v) is 2.71. The van der Waals surface area contributed by atoms with Crippen molar-refractivity contribution in [3.63, 3.8) is 0 Å². The van der Waals surface area contributed by atoms with E-state index in [2.05, 4.69) is 5.32 Å². The largest absolute Gasteiger partial charge is 0.412 e. The van der Waals surface area contributed by atoms with Gasteiger partial charge >= 0.3 is 6.09 Å². The molecule has 80 valence electrons. The minimum atomic E-state index is -0.354. The molecule has 1 amide bonds. The van der Waals surface area contributed by atoms with Gasteiger partial charge in [0.05, 0.1) is 0 Å². The van der Waals surface area contributed by atoms with Crippen LogP contribution >= 0.6 is 0 Å². The van der Waals surface area contributed by atoms with Gasteiger partial charge in [0.15, 0.2) is 0 Å². The van der Waals surface area contributed by atoms with Gasteiger partial charge in [-0.15, -0.1) is 0 Å².